The van der Waals surface area contributed by atoms with Gasteiger partial charge in [-0.15, -0.1) is 11.3 Å². The van der Waals surface area contributed by atoms with Crippen LogP contribution in [-0.2, 0) is 14.8 Å². The third-order valence-electron chi connectivity index (χ3n) is 4.79. The van der Waals surface area contributed by atoms with Crippen LogP contribution in [0, 0.1) is 6.92 Å². The summed E-state index contributed by atoms with van der Waals surface area (Å²) in [5, 5.41) is 1.90. The van der Waals surface area contributed by atoms with E-state index >= 15 is 0 Å². The van der Waals surface area contributed by atoms with E-state index in [1.807, 2.05) is 31.3 Å². The molecule has 1 spiro atoms. The third kappa shape index (κ3) is 3.49. The summed E-state index contributed by atoms with van der Waals surface area (Å²) in [5.41, 5.74) is 0.740. The molecule has 1 unspecified atom stereocenters. The summed E-state index contributed by atoms with van der Waals surface area (Å²) in [4.78, 5) is 2.03. The van der Waals surface area contributed by atoms with E-state index in [0.29, 0.717) is 23.9 Å². The van der Waals surface area contributed by atoms with Gasteiger partial charge in [0.2, 0.25) is 0 Å². The molecule has 2 heterocycles. The number of hydrogen-bond acceptors (Lipinski definition) is 5. The molecule has 23 heavy (non-hydrogen) atoms. The number of rotatable bonds is 4. The van der Waals surface area contributed by atoms with E-state index < -0.39 is 10.0 Å². The van der Waals surface area contributed by atoms with Crippen LogP contribution in [0.4, 0.5) is 0 Å². The summed E-state index contributed by atoms with van der Waals surface area (Å²) in [6, 6.07) is 1.66. The van der Waals surface area contributed by atoms with Gasteiger partial charge in [-0.25, -0.2) is 8.42 Å². The molecule has 0 amide bonds. The lowest BCUT2D eigenvalue weighted by Gasteiger charge is -2.45. The Morgan fingerprint density at radius 2 is 2.09 bits per heavy atom. The maximum atomic E-state index is 13.2. The lowest BCUT2D eigenvalue weighted by molar-refractivity contribution is -0.109. The first-order valence-electron chi connectivity index (χ1n) is 8.18. The molecule has 3 rings (SSSR count). The van der Waals surface area contributed by atoms with Crippen LogP contribution in [0.15, 0.2) is 15.7 Å². The molecular formula is C16H26N2O3S2. The normalized spacial score (nSPS) is 25.5. The van der Waals surface area contributed by atoms with E-state index in [1.54, 1.807) is 10.4 Å². The second-order valence-corrected chi connectivity index (χ2v) is 10.1. The van der Waals surface area contributed by atoms with Crippen LogP contribution in [0.5, 0.6) is 0 Å². The Balaban J connectivity index is 1.92. The van der Waals surface area contributed by atoms with Gasteiger partial charge in [-0.05, 0) is 50.9 Å². The standard InChI is InChI=1S/C16H26N2O3S2/c1-13-8-15(22-11-13)23(19,20)18-12-16(6-4-5-7-16)21-10-14(18)9-17(2)3/h8,11,14H,4-7,9-10,12H2,1-3H3. The van der Waals surface area contributed by atoms with Gasteiger partial charge in [0.1, 0.15) is 4.21 Å². The SMILES string of the molecule is Cc1csc(S(=O)(=O)N2CC3(CCCC3)OCC2CN(C)C)c1. The highest BCUT2D eigenvalue weighted by atomic mass is 32.2. The minimum absolute atomic E-state index is 0.122. The van der Waals surface area contributed by atoms with Gasteiger partial charge in [-0.3, -0.25) is 0 Å². The maximum absolute atomic E-state index is 13.2. The van der Waals surface area contributed by atoms with Gasteiger partial charge >= 0.3 is 0 Å². The first-order chi connectivity index (χ1) is 10.8. The lowest BCUT2D eigenvalue weighted by atomic mass is 9.99. The van der Waals surface area contributed by atoms with Crippen LogP contribution in [0.25, 0.3) is 0 Å². The number of nitrogens with zero attached hydrogens (tertiary/aromatic N) is 2. The minimum Gasteiger partial charge on any atom is -0.372 e. The van der Waals surface area contributed by atoms with E-state index in [0.717, 1.165) is 31.2 Å². The van der Waals surface area contributed by atoms with Crippen molar-refractivity contribution in [2.24, 2.45) is 0 Å². The molecule has 1 saturated carbocycles. The van der Waals surface area contributed by atoms with Crippen LogP contribution < -0.4 is 0 Å². The quantitative estimate of drug-likeness (QED) is 0.829. The van der Waals surface area contributed by atoms with Gasteiger partial charge in [0.15, 0.2) is 0 Å². The molecule has 0 radical (unpaired) electrons. The van der Waals surface area contributed by atoms with Crippen molar-refractivity contribution in [2.45, 2.75) is 48.5 Å². The average Bonchev–Trinajstić information content (AvgIpc) is 3.10. The molecule has 2 aliphatic rings. The van der Waals surface area contributed by atoms with Crippen LogP contribution in [-0.4, -0.2) is 63.1 Å². The highest BCUT2D eigenvalue weighted by Crippen LogP contribution is 2.39. The fourth-order valence-electron chi connectivity index (χ4n) is 3.64. The molecule has 7 heteroatoms. The van der Waals surface area contributed by atoms with Gasteiger partial charge in [0.05, 0.1) is 18.2 Å². The summed E-state index contributed by atoms with van der Waals surface area (Å²) in [6.45, 7) is 3.59. The van der Waals surface area contributed by atoms with Crippen LogP contribution in [0.2, 0.25) is 0 Å². The monoisotopic (exact) mass is 358 g/mol. The number of hydrogen-bond donors (Lipinski definition) is 0. The molecule has 1 atom stereocenters. The topological polar surface area (TPSA) is 49.9 Å². The molecule has 1 aliphatic heterocycles. The smallest absolute Gasteiger partial charge is 0.253 e. The van der Waals surface area contributed by atoms with Crippen molar-refractivity contribution in [1.82, 2.24) is 9.21 Å². The maximum Gasteiger partial charge on any atom is 0.253 e. The predicted molar refractivity (Wildman–Crippen MR) is 92.4 cm³/mol. The van der Waals surface area contributed by atoms with E-state index in [1.165, 1.54) is 11.3 Å². The zero-order valence-electron chi connectivity index (χ0n) is 14.1. The third-order valence-corrected chi connectivity index (χ3v) is 8.22. The molecule has 0 N–H and O–H groups in total. The minimum atomic E-state index is -3.45. The number of thiophene rings is 1. The molecule has 1 aromatic heterocycles. The van der Waals surface area contributed by atoms with Gasteiger partial charge < -0.3 is 9.64 Å². The molecule has 0 aromatic carbocycles. The Bertz CT molecular complexity index is 648. The fourth-order valence-corrected chi connectivity index (χ4v) is 6.67. The largest absolute Gasteiger partial charge is 0.372 e. The molecule has 0 bridgehead atoms. The van der Waals surface area contributed by atoms with Crippen LogP contribution >= 0.6 is 11.3 Å². The predicted octanol–water partition coefficient (Wildman–Crippen LogP) is 2.32. The first kappa shape index (κ1) is 17.4. The molecule has 2 fully saturated rings. The van der Waals surface area contributed by atoms with Crippen LogP contribution in [0.1, 0.15) is 31.2 Å². The summed E-state index contributed by atoms with van der Waals surface area (Å²) in [6.07, 6.45) is 4.20. The van der Waals surface area contributed by atoms with Gasteiger partial charge in [0, 0.05) is 13.1 Å². The number of aryl methyl sites for hydroxylation is 1. The average molecular weight is 359 g/mol. The number of ether oxygens (including phenoxy) is 1. The van der Waals surface area contributed by atoms with Crippen molar-refractivity contribution in [1.29, 1.82) is 0 Å². The summed E-state index contributed by atoms with van der Waals surface area (Å²) >= 11 is 1.32. The second kappa shape index (κ2) is 6.44. The van der Waals surface area contributed by atoms with Crippen molar-refractivity contribution in [3.63, 3.8) is 0 Å². The van der Waals surface area contributed by atoms with E-state index in [2.05, 4.69) is 0 Å². The Morgan fingerprint density at radius 1 is 1.39 bits per heavy atom. The van der Waals surface area contributed by atoms with E-state index in [9.17, 15) is 8.42 Å². The van der Waals surface area contributed by atoms with E-state index in [-0.39, 0.29) is 11.6 Å². The second-order valence-electron chi connectivity index (χ2n) is 7.11. The zero-order chi connectivity index (χ0) is 16.7. The van der Waals surface area contributed by atoms with Crippen molar-refractivity contribution >= 4 is 21.4 Å². The first-order valence-corrected chi connectivity index (χ1v) is 10.5. The molecule has 1 aromatic rings. The Labute approximate surface area is 143 Å². The molecule has 5 nitrogen and oxygen atoms in total. The summed E-state index contributed by atoms with van der Waals surface area (Å²) in [5.74, 6) is 0. The number of likely N-dealkylation sites (N-methyl/N-ethyl adjacent to an activating group) is 1. The molecule has 1 saturated heterocycles. The van der Waals surface area contributed by atoms with E-state index in [4.69, 9.17) is 4.74 Å². The Kier molecular flexibility index (Phi) is 4.86. The zero-order valence-corrected chi connectivity index (χ0v) is 15.8. The van der Waals surface area contributed by atoms with Gasteiger partial charge in [-0.1, -0.05) is 12.8 Å². The highest BCUT2D eigenvalue weighted by molar-refractivity contribution is 7.91. The fraction of sp³-hybridized carbons (Fsp3) is 0.750. The van der Waals surface area contributed by atoms with Crippen molar-refractivity contribution < 1.29 is 13.2 Å². The van der Waals surface area contributed by atoms with Crippen molar-refractivity contribution in [2.75, 3.05) is 33.8 Å². The molecule has 1 aliphatic carbocycles. The van der Waals surface area contributed by atoms with Gasteiger partial charge in [-0.2, -0.15) is 4.31 Å². The molecule has 130 valence electrons. The van der Waals surface area contributed by atoms with Crippen molar-refractivity contribution in [3.05, 3.63) is 17.0 Å². The lowest BCUT2D eigenvalue weighted by Crippen LogP contribution is -2.59. The van der Waals surface area contributed by atoms with Gasteiger partial charge in [0.25, 0.3) is 10.0 Å². The summed E-state index contributed by atoms with van der Waals surface area (Å²) in [7, 11) is 0.490. The van der Waals surface area contributed by atoms with Crippen molar-refractivity contribution in [3.8, 4) is 0 Å². The van der Waals surface area contributed by atoms with Crippen LogP contribution in [0.3, 0.4) is 0 Å². The Hall–Kier alpha value is -0.470. The summed E-state index contributed by atoms with van der Waals surface area (Å²) < 4.78 is 34.7. The Morgan fingerprint density at radius 3 is 2.65 bits per heavy atom. The number of sulfonamides is 1. The highest BCUT2D eigenvalue weighted by Gasteiger charge is 2.47. The molecular weight excluding hydrogens is 332 g/mol. The number of morpholine rings is 1.